The lowest BCUT2D eigenvalue weighted by atomic mass is 10.1. The molecule has 100 valence electrons. The maximum Gasteiger partial charge on any atom is 0.136 e. The third kappa shape index (κ3) is 5.65. The lowest BCUT2D eigenvalue weighted by Gasteiger charge is -2.21. The van der Waals surface area contributed by atoms with Crippen molar-refractivity contribution in [3.63, 3.8) is 0 Å². The highest BCUT2D eigenvalue weighted by Gasteiger charge is 2.09. The summed E-state index contributed by atoms with van der Waals surface area (Å²) in [6, 6.07) is 4.36. The highest BCUT2D eigenvalue weighted by atomic mass is 79.9. The van der Waals surface area contributed by atoms with E-state index in [9.17, 15) is 4.39 Å². The van der Waals surface area contributed by atoms with Gasteiger partial charge < -0.3 is 10.1 Å². The van der Waals surface area contributed by atoms with E-state index in [-0.39, 0.29) is 11.4 Å². The average molecular weight is 316 g/mol. The standard InChI is InChI=1S/C14H19BrFNO/c1-10(8-17-14(2,3)4)9-18-13-7-11(16)5-6-12(13)15/h5-7,17H,1,8-9H2,2-4H3. The summed E-state index contributed by atoms with van der Waals surface area (Å²) in [5.41, 5.74) is 0.962. The van der Waals surface area contributed by atoms with Gasteiger partial charge in [-0.05, 0) is 54.4 Å². The number of hydrogen-bond donors (Lipinski definition) is 1. The van der Waals surface area contributed by atoms with Gasteiger partial charge in [0.25, 0.3) is 0 Å². The van der Waals surface area contributed by atoms with Crippen LogP contribution in [0.2, 0.25) is 0 Å². The molecule has 0 amide bonds. The van der Waals surface area contributed by atoms with Crippen LogP contribution in [0, 0.1) is 5.82 Å². The number of nitrogens with one attached hydrogen (secondary N) is 1. The van der Waals surface area contributed by atoms with Crippen LogP contribution < -0.4 is 10.1 Å². The number of rotatable bonds is 5. The monoisotopic (exact) mass is 315 g/mol. The third-order valence-corrected chi connectivity index (χ3v) is 2.85. The molecule has 0 saturated heterocycles. The van der Waals surface area contributed by atoms with Crippen molar-refractivity contribution in [1.29, 1.82) is 0 Å². The number of benzene rings is 1. The second-order valence-electron chi connectivity index (χ2n) is 5.22. The molecular weight excluding hydrogens is 297 g/mol. The fourth-order valence-electron chi connectivity index (χ4n) is 1.21. The van der Waals surface area contributed by atoms with Gasteiger partial charge in [-0.2, -0.15) is 0 Å². The topological polar surface area (TPSA) is 21.3 Å². The lowest BCUT2D eigenvalue weighted by molar-refractivity contribution is 0.338. The molecule has 0 unspecified atom stereocenters. The molecular formula is C14H19BrFNO. The minimum atomic E-state index is -0.313. The number of hydrogen-bond acceptors (Lipinski definition) is 2. The summed E-state index contributed by atoms with van der Waals surface area (Å²) in [6.45, 7) is 11.2. The normalized spacial score (nSPS) is 11.4. The predicted octanol–water partition coefficient (Wildman–Crippen LogP) is 3.91. The molecule has 0 fully saturated rings. The molecule has 0 aliphatic rings. The molecule has 4 heteroatoms. The second-order valence-corrected chi connectivity index (χ2v) is 6.07. The Kier molecular flexibility index (Phi) is 5.35. The molecule has 0 saturated carbocycles. The molecule has 0 aliphatic heterocycles. The molecule has 0 spiro atoms. The lowest BCUT2D eigenvalue weighted by Crippen LogP contribution is -2.37. The molecule has 1 rings (SSSR count). The van der Waals surface area contributed by atoms with Crippen LogP contribution >= 0.6 is 15.9 Å². The van der Waals surface area contributed by atoms with E-state index in [1.807, 2.05) is 0 Å². The first-order chi connectivity index (χ1) is 8.28. The van der Waals surface area contributed by atoms with Gasteiger partial charge in [0.2, 0.25) is 0 Å². The number of halogens is 2. The quantitative estimate of drug-likeness (QED) is 0.832. The van der Waals surface area contributed by atoms with Crippen molar-refractivity contribution < 1.29 is 9.13 Å². The van der Waals surface area contributed by atoms with Crippen molar-refractivity contribution in [3.8, 4) is 5.75 Å². The Balaban J connectivity index is 2.45. The summed E-state index contributed by atoms with van der Waals surface area (Å²) in [4.78, 5) is 0. The first-order valence-corrected chi connectivity index (χ1v) is 6.57. The first kappa shape index (κ1) is 15.2. The molecule has 18 heavy (non-hydrogen) atoms. The minimum Gasteiger partial charge on any atom is -0.488 e. The number of ether oxygens (including phenoxy) is 1. The van der Waals surface area contributed by atoms with Crippen molar-refractivity contribution in [2.24, 2.45) is 0 Å². The highest BCUT2D eigenvalue weighted by molar-refractivity contribution is 9.10. The summed E-state index contributed by atoms with van der Waals surface area (Å²) in [6.07, 6.45) is 0. The van der Waals surface area contributed by atoms with Crippen LogP contribution in [0.4, 0.5) is 4.39 Å². The van der Waals surface area contributed by atoms with E-state index in [0.29, 0.717) is 18.9 Å². The Morgan fingerprint density at radius 2 is 2.11 bits per heavy atom. The van der Waals surface area contributed by atoms with Gasteiger partial charge >= 0.3 is 0 Å². The Hall–Kier alpha value is -0.870. The first-order valence-electron chi connectivity index (χ1n) is 5.77. The molecule has 1 aromatic rings. The fourth-order valence-corrected chi connectivity index (χ4v) is 1.57. The Morgan fingerprint density at radius 1 is 1.44 bits per heavy atom. The highest BCUT2D eigenvalue weighted by Crippen LogP contribution is 2.25. The zero-order valence-corrected chi connectivity index (χ0v) is 12.6. The van der Waals surface area contributed by atoms with E-state index in [2.05, 4.69) is 48.6 Å². The zero-order valence-electron chi connectivity index (χ0n) is 11.0. The van der Waals surface area contributed by atoms with Crippen molar-refractivity contribution in [2.45, 2.75) is 26.3 Å². The molecule has 0 atom stereocenters. The van der Waals surface area contributed by atoms with Gasteiger partial charge in [0.15, 0.2) is 0 Å². The van der Waals surface area contributed by atoms with E-state index >= 15 is 0 Å². The Bertz CT molecular complexity index is 426. The summed E-state index contributed by atoms with van der Waals surface area (Å²) >= 11 is 3.31. The molecule has 0 aliphatic carbocycles. The maximum atomic E-state index is 13.0. The largest absolute Gasteiger partial charge is 0.488 e. The summed E-state index contributed by atoms with van der Waals surface area (Å²) in [5.74, 6) is 0.179. The van der Waals surface area contributed by atoms with E-state index < -0.39 is 0 Å². The van der Waals surface area contributed by atoms with Crippen molar-refractivity contribution in [2.75, 3.05) is 13.2 Å². The van der Waals surface area contributed by atoms with E-state index in [4.69, 9.17) is 4.74 Å². The van der Waals surface area contributed by atoms with Crippen molar-refractivity contribution >= 4 is 15.9 Å². The van der Waals surface area contributed by atoms with Crippen LogP contribution in [-0.4, -0.2) is 18.7 Å². The van der Waals surface area contributed by atoms with Gasteiger partial charge in [0.1, 0.15) is 18.2 Å². The van der Waals surface area contributed by atoms with Gasteiger partial charge in [-0.15, -0.1) is 0 Å². The van der Waals surface area contributed by atoms with E-state index in [1.165, 1.54) is 12.1 Å². The van der Waals surface area contributed by atoms with Crippen molar-refractivity contribution in [3.05, 3.63) is 40.6 Å². The summed E-state index contributed by atoms with van der Waals surface area (Å²) in [7, 11) is 0. The molecule has 1 aromatic carbocycles. The SMILES string of the molecule is C=C(CNC(C)(C)C)COc1cc(F)ccc1Br. The second kappa shape index (κ2) is 6.34. The van der Waals surface area contributed by atoms with Crippen LogP contribution in [0.25, 0.3) is 0 Å². The van der Waals surface area contributed by atoms with Gasteiger partial charge in [-0.25, -0.2) is 4.39 Å². The molecule has 0 bridgehead atoms. The molecule has 1 N–H and O–H groups in total. The molecule has 0 radical (unpaired) electrons. The average Bonchev–Trinajstić information content (AvgIpc) is 2.26. The van der Waals surface area contributed by atoms with Crippen LogP contribution in [0.3, 0.4) is 0 Å². The fraction of sp³-hybridized carbons (Fsp3) is 0.429. The van der Waals surface area contributed by atoms with Gasteiger partial charge in [-0.3, -0.25) is 0 Å². The Labute approximate surface area is 116 Å². The maximum absolute atomic E-state index is 13.0. The van der Waals surface area contributed by atoms with E-state index in [1.54, 1.807) is 6.07 Å². The predicted molar refractivity (Wildman–Crippen MR) is 76.5 cm³/mol. The zero-order chi connectivity index (χ0) is 13.8. The van der Waals surface area contributed by atoms with Crippen LogP contribution in [0.5, 0.6) is 5.75 Å². The van der Waals surface area contributed by atoms with Crippen molar-refractivity contribution in [1.82, 2.24) is 5.32 Å². The van der Waals surface area contributed by atoms with Crippen LogP contribution in [0.1, 0.15) is 20.8 Å². The van der Waals surface area contributed by atoms with E-state index in [0.717, 1.165) is 10.0 Å². The molecule has 0 heterocycles. The molecule has 0 aromatic heterocycles. The molecule has 2 nitrogen and oxygen atoms in total. The van der Waals surface area contributed by atoms with Gasteiger partial charge in [0.05, 0.1) is 4.47 Å². The Morgan fingerprint density at radius 3 is 2.72 bits per heavy atom. The van der Waals surface area contributed by atoms with Crippen LogP contribution in [-0.2, 0) is 0 Å². The van der Waals surface area contributed by atoms with Gasteiger partial charge in [0, 0.05) is 18.2 Å². The minimum absolute atomic E-state index is 0.0440. The smallest absolute Gasteiger partial charge is 0.136 e. The van der Waals surface area contributed by atoms with Crippen LogP contribution in [0.15, 0.2) is 34.8 Å². The van der Waals surface area contributed by atoms with Gasteiger partial charge in [-0.1, -0.05) is 6.58 Å². The third-order valence-electron chi connectivity index (χ3n) is 2.19. The summed E-state index contributed by atoms with van der Waals surface area (Å²) < 4.78 is 19.3. The summed E-state index contributed by atoms with van der Waals surface area (Å²) in [5, 5.41) is 3.32.